The van der Waals surface area contributed by atoms with Gasteiger partial charge < -0.3 is 37.9 Å². The molecule has 20 rings (SSSR count). The molecule has 8 nitrogen and oxygen atoms in total. The zero-order valence-electron chi connectivity index (χ0n) is 46.3. The SMILES string of the molecule is Cc1ccc(N2c3cc(-n4c5ccccc5c5ccccc54)cc4c3P3(=S)c5c(cc(-n6c7ccccc7c7ccccc76)c6c5N4c4ccc(C)cc4O6)N4c5ccc(C)cc5Oc5c(-n6c7ccccc7c7ccccc76)cc2c3c54)cc1. The van der Waals surface area contributed by atoms with Crippen molar-refractivity contribution in [1.29, 1.82) is 0 Å². The van der Waals surface area contributed by atoms with Gasteiger partial charge in [0.2, 0.25) is 0 Å². The fourth-order valence-corrected chi connectivity index (χ4v) is 20.5. The highest BCUT2D eigenvalue weighted by atomic mass is 32.4. The smallest absolute Gasteiger partial charge is 0.176 e. The Bertz CT molecular complexity index is 5500. The van der Waals surface area contributed by atoms with Crippen LogP contribution in [0, 0.1) is 20.8 Å². The average molecular weight is 1130 g/mol. The summed E-state index contributed by atoms with van der Waals surface area (Å²) < 4.78 is 22.8. The standard InChI is InChI=1S/C75H47N6O2PS/c1-42-28-32-45(33-29-42)76-63-38-46(77-53-22-10-4-16-47(53)48-17-5-11-23-54(48)77)39-64-73(63)84(85)74-65(76)40-61(78-55-24-12-6-18-49(55)50-19-7-13-25-56(50)78)71-69(74)81(60-35-31-44(3)37-68(60)83-71)66-41-62(79-57-26-14-8-20-51(57)52-21-9-15-27-58(52)79)72-70(75(66)84)80(64)59-34-30-43(2)36-67(59)82-72/h4-41H,1-3H3. The number of nitrogens with zero attached hydrogens (tertiary/aromatic N) is 6. The summed E-state index contributed by atoms with van der Waals surface area (Å²) in [5.41, 5.74) is 21.9. The molecule has 0 saturated carbocycles. The maximum absolute atomic E-state index is 8.11. The van der Waals surface area contributed by atoms with Gasteiger partial charge in [0.1, 0.15) is 11.4 Å². The molecule has 3 aromatic heterocycles. The van der Waals surface area contributed by atoms with Crippen molar-refractivity contribution in [1.82, 2.24) is 13.7 Å². The third kappa shape index (κ3) is 5.70. The van der Waals surface area contributed by atoms with Crippen LogP contribution in [0.2, 0.25) is 0 Å². The van der Waals surface area contributed by atoms with Crippen LogP contribution in [0.25, 0.3) is 82.5 Å². The Labute approximate surface area is 493 Å². The minimum atomic E-state index is -3.24. The predicted octanol–water partition coefficient (Wildman–Crippen LogP) is 19.2. The molecule has 5 aliphatic heterocycles. The lowest BCUT2D eigenvalue weighted by Crippen LogP contribution is -2.49. The molecule has 85 heavy (non-hydrogen) atoms. The Kier molecular flexibility index (Phi) is 8.73. The van der Waals surface area contributed by atoms with Crippen LogP contribution >= 0.6 is 6.04 Å². The average Bonchev–Trinajstić information content (AvgIpc) is 0.952. The summed E-state index contributed by atoms with van der Waals surface area (Å²) in [5, 5.41) is 10.4. The highest BCUT2D eigenvalue weighted by molar-refractivity contribution is 8.26. The summed E-state index contributed by atoms with van der Waals surface area (Å²) in [6, 6.07) is 81.7. The van der Waals surface area contributed by atoms with E-state index in [-0.39, 0.29) is 0 Å². The molecular weight excluding hydrogens is 1080 g/mol. The summed E-state index contributed by atoms with van der Waals surface area (Å²) in [6.07, 6.45) is 0. The highest BCUT2D eigenvalue weighted by Crippen LogP contribution is 2.73. The van der Waals surface area contributed by atoms with Gasteiger partial charge in [-0.1, -0.05) is 151 Å². The number of aromatic nitrogens is 3. The van der Waals surface area contributed by atoms with Crippen LogP contribution in [-0.2, 0) is 11.8 Å². The Morgan fingerprint density at radius 2 is 0.635 bits per heavy atom. The molecule has 1 unspecified atom stereocenters. The monoisotopic (exact) mass is 1130 g/mol. The maximum Gasteiger partial charge on any atom is 0.176 e. The molecule has 400 valence electrons. The van der Waals surface area contributed by atoms with Gasteiger partial charge in [-0.05, 0) is 129 Å². The number of hydrogen-bond acceptors (Lipinski definition) is 6. The first-order chi connectivity index (χ1) is 41.8. The molecule has 5 aliphatic rings. The van der Waals surface area contributed by atoms with Crippen LogP contribution in [0.1, 0.15) is 16.7 Å². The topological polar surface area (TPSA) is 43.0 Å². The number of aryl methyl sites for hydroxylation is 3. The van der Waals surface area contributed by atoms with Gasteiger partial charge in [-0.2, -0.15) is 0 Å². The van der Waals surface area contributed by atoms with Crippen molar-refractivity contribution in [2.45, 2.75) is 20.8 Å². The molecule has 10 heteroatoms. The summed E-state index contributed by atoms with van der Waals surface area (Å²) in [7, 11) is 0. The normalized spacial score (nSPS) is 15.4. The summed E-state index contributed by atoms with van der Waals surface area (Å²) in [5.74, 6) is 3.10. The van der Waals surface area contributed by atoms with Gasteiger partial charge in [0.25, 0.3) is 0 Å². The predicted molar refractivity (Wildman–Crippen MR) is 355 cm³/mol. The number of para-hydroxylation sites is 6. The molecule has 0 fully saturated rings. The number of hydrogen-bond donors (Lipinski definition) is 0. The number of anilines is 9. The van der Waals surface area contributed by atoms with Crippen molar-refractivity contribution in [2.75, 3.05) is 14.7 Å². The fourth-order valence-electron chi connectivity index (χ4n) is 15.3. The van der Waals surface area contributed by atoms with Gasteiger partial charge in [0.05, 0.1) is 90.3 Å². The number of benzene rings is 12. The molecule has 0 aliphatic carbocycles. The molecule has 8 heterocycles. The van der Waals surface area contributed by atoms with Crippen LogP contribution in [0.15, 0.2) is 231 Å². The first-order valence-electron chi connectivity index (χ1n) is 29.0. The van der Waals surface area contributed by atoms with E-state index in [1.165, 1.54) is 37.9 Å². The first kappa shape index (κ1) is 46.2. The van der Waals surface area contributed by atoms with Crippen LogP contribution in [0.5, 0.6) is 23.0 Å². The zero-order valence-corrected chi connectivity index (χ0v) is 48.0. The van der Waals surface area contributed by atoms with E-state index in [1.54, 1.807) is 0 Å². The largest absolute Gasteiger partial charge is 0.451 e. The fraction of sp³-hybridized carbons (Fsp3) is 0.0400. The first-order valence-corrected chi connectivity index (χ1v) is 31.8. The quantitative estimate of drug-likeness (QED) is 0.164. The van der Waals surface area contributed by atoms with Crippen LogP contribution in [0.4, 0.5) is 51.2 Å². The molecule has 1 atom stereocenters. The minimum absolute atomic E-state index is 0.768. The van der Waals surface area contributed by atoms with Crippen molar-refractivity contribution in [3.05, 3.63) is 247 Å². The Morgan fingerprint density at radius 1 is 0.294 bits per heavy atom. The summed E-state index contributed by atoms with van der Waals surface area (Å²) in [4.78, 5) is 7.60. The molecule has 0 N–H and O–H groups in total. The second kappa shape index (κ2) is 16.1. The second-order valence-electron chi connectivity index (χ2n) is 23.4. The number of ether oxygens (including phenoxy) is 2. The van der Waals surface area contributed by atoms with E-state index in [0.717, 1.165) is 151 Å². The molecule has 0 spiro atoms. The lowest BCUT2D eigenvalue weighted by molar-refractivity contribution is 0.473. The highest BCUT2D eigenvalue weighted by Gasteiger charge is 2.57. The van der Waals surface area contributed by atoms with Crippen LogP contribution in [-0.4, -0.2) is 13.7 Å². The van der Waals surface area contributed by atoms with E-state index >= 15 is 0 Å². The zero-order chi connectivity index (χ0) is 55.9. The van der Waals surface area contributed by atoms with Gasteiger partial charge in [0.15, 0.2) is 23.0 Å². The van der Waals surface area contributed by atoms with Crippen molar-refractivity contribution < 1.29 is 9.47 Å². The lowest BCUT2D eigenvalue weighted by atomic mass is 10.0. The Balaban J connectivity index is 1.03. The Hall–Kier alpha value is -10.3. The van der Waals surface area contributed by atoms with Crippen molar-refractivity contribution >= 4 is 150 Å². The molecule has 12 aromatic carbocycles. The van der Waals surface area contributed by atoms with Gasteiger partial charge in [0, 0.05) is 53.9 Å². The van der Waals surface area contributed by atoms with Gasteiger partial charge in [-0.25, -0.2) is 0 Å². The molecule has 0 bridgehead atoms. The third-order valence-corrected chi connectivity index (χ3v) is 23.6. The molecule has 0 saturated heterocycles. The van der Waals surface area contributed by atoms with Crippen molar-refractivity contribution in [2.24, 2.45) is 0 Å². The summed E-state index contributed by atoms with van der Waals surface area (Å²) in [6.45, 7) is 6.48. The van der Waals surface area contributed by atoms with E-state index in [4.69, 9.17) is 21.3 Å². The van der Waals surface area contributed by atoms with E-state index in [9.17, 15) is 0 Å². The van der Waals surface area contributed by atoms with E-state index in [2.05, 4.69) is 280 Å². The molecular formula is C75H47N6O2PS. The molecule has 0 radical (unpaired) electrons. The van der Waals surface area contributed by atoms with Gasteiger partial charge in [-0.15, -0.1) is 0 Å². The van der Waals surface area contributed by atoms with Crippen LogP contribution < -0.4 is 40.1 Å². The number of fused-ring (bicyclic) bond motifs is 15. The van der Waals surface area contributed by atoms with Crippen molar-refractivity contribution in [3.8, 4) is 40.1 Å². The van der Waals surface area contributed by atoms with Gasteiger partial charge in [-0.3, -0.25) is 0 Å². The number of rotatable bonds is 4. The van der Waals surface area contributed by atoms with E-state index in [1.807, 2.05) is 0 Å². The molecule has 15 aromatic rings. The van der Waals surface area contributed by atoms with E-state index < -0.39 is 6.04 Å². The Morgan fingerprint density at radius 3 is 1.05 bits per heavy atom. The molecule has 0 amide bonds. The maximum atomic E-state index is 8.11. The third-order valence-electron chi connectivity index (χ3n) is 18.7. The second-order valence-corrected chi connectivity index (χ2v) is 27.6. The minimum Gasteiger partial charge on any atom is -0.451 e. The summed E-state index contributed by atoms with van der Waals surface area (Å²) >= 11 is 8.11. The lowest BCUT2D eigenvalue weighted by Gasteiger charge is -2.54. The van der Waals surface area contributed by atoms with Crippen molar-refractivity contribution in [3.63, 3.8) is 0 Å². The van der Waals surface area contributed by atoms with E-state index in [0.29, 0.717) is 0 Å². The van der Waals surface area contributed by atoms with Crippen LogP contribution in [0.3, 0.4) is 0 Å². The van der Waals surface area contributed by atoms with Gasteiger partial charge >= 0.3 is 0 Å².